The second kappa shape index (κ2) is 7.87. The van der Waals surface area contributed by atoms with E-state index in [9.17, 15) is 9.90 Å². The second-order valence-electron chi connectivity index (χ2n) is 7.73. The van der Waals surface area contributed by atoms with Crippen LogP contribution in [-0.4, -0.2) is 51.2 Å². The molecule has 1 saturated carbocycles. The van der Waals surface area contributed by atoms with Crippen molar-refractivity contribution in [3.63, 3.8) is 0 Å². The van der Waals surface area contributed by atoms with E-state index in [-0.39, 0.29) is 23.0 Å². The highest BCUT2D eigenvalue weighted by molar-refractivity contribution is 5.94. The lowest BCUT2D eigenvalue weighted by molar-refractivity contribution is -0.0178. The number of pyridine rings is 1. The molecule has 28 heavy (non-hydrogen) atoms. The maximum Gasteiger partial charge on any atom is 0.276 e. The molecule has 0 spiro atoms. The number of ether oxygens (including phenoxy) is 1. The fraction of sp³-hybridized carbons (Fsp3) is 0.600. The highest BCUT2D eigenvalue weighted by Crippen LogP contribution is 2.40. The number of methoxy groups -OCH3 is 1. The van der Waals surface area contributed by atoms with E-state index < -0.39 is 0 Å². The van der Waals surface area contributed by atoms with E-state index in [1.165, 1.54) is 12.3 Å². The number of carbonyl (C=O) groups excluding carboxylic acids is 1. The first kappa shape index (κ1) is 18.9. The van der Waals surface area contributed by atoms with Crippen LogP contribution in [0.5, 0.6) is 5.75 Å². The van der Waals surface area contributed by atoms with Crippen LogP contribution < -0.4 is 0 Å². The Bertz CT molecular complexity index is 823. The Morgan fingerprint density at radius 3 is 2.79 bits per heavy atom. The zero-order valence-corrected chi connectivity index (χ0v) is 16.1. The molecule has 1 amide bonds. The summed E-state index contributed by atoms with van der Waals surface area (Å²) in [5.74, 6) is 1.40. The molecule has 1 aliphatic heterocycles. The van der Waals surface area contributed by atoms with Crippen molar-refractivity contribution in [2.24, 2.45) is 5.92 Å². The van der Waals surface area contributed by atoms with Gasteiger partial charge in [0.05, 0.1) is 0 Å². The van der Waals surface area contributed by atoms with Gasteiger partial charge in [-0.3, -0.25) is 4.79 Å². The molecule has 2 aliphatic rings. The van der Waals surface area contributed by atoms with Gasteiger partial charge in [0, 0.05) is 32.8 Å². The van der Waals surface area contributed by atoms with Crippen LogP contribution in [0.3, 0.4) is 0 Å². The molecular formula is C20H26N4O4. The van der Waals surface area contributed by atoms with Crippen molar-refractivity contribution < 1.29 is 19.2 Å². The lowest BCUT2D eigenvalue weighted by Crippen LogP contribution is -2.39. The van der Waals surface area contributed by atoms with E-state index in [2.05, 4.69) is 15.1 Å². The van der Waals surface area contributed by atoms with Gasteiger partial charge in [-0.1, -0.05) is 5.16 Å². The molecule has 2 fully saturated rings. The first-order valence-corrected chi connectivity index (χ1v) is 9.93. The third-order valence-electron chi connectivity index (χ3n) is 6.03. The van der Waals surface area contributed by atoms with Crippen LogP contribution in [0.25, 0.3) is 0 Å². The maximum atomic E-state index is 12.6. The van der Waals surface area contributed by atoms with Crippen LogP contribution in [0.4, 0.5) is 0 Å². The fourth-order valence-electron chi connectivity index (χ4n) is 4.29. The largest absolute Gasteiger partial charge is 0.505 e. The summed E-state index contributed by atoms with van der Waals surface area (Å²) in [7, 11) is 1.72. The van der Waals surface area contributed by atoms with Gasteiger partial charge in [-0.25, -0.2) is 4.98 Å². The van der Waals surface area contributed by atoms with Gasteiger partial charge >= 0.3 is 0 Å². The average Bonchev–Trinajstić information content (AvgIpc) is 3.39. The van der Waals surface area contributed by atoms with Crippen LogP contribution >= 0.6 is 0 Å². The fourth-order valence-corrected chi connectivity index (χ4v) is 4.29. The number of hydrogen-bond acceptors (Lipinski definition) is 7. The van der Waals surface area contributed by atoms with Gasteiger partial charge in [0.15, 0.2) is 5.69 Å². The third-order valence-corrected chi connectivity index (χ3v) is 6.03. The smallest absolute Gasteiger partial charge is 0.276 e. The molecule has 2 aromatic heterocycles. The van der Waals surface area contributed by atoms with E-state index in [0.717, 1.165) is 38.5 Å². The summed E-state index contributed by atoms with van der Waals surface area (Å²) in [6.07, 6.45) is 8.05. The molecule has 0 unspecified atom stereocenters. The Hall–Kier alpha value is -2.48. The summed E-state index contributed by atoms with van der Waals surface area (Å²) in [5, 5.41) is 14.0. The summed E-state index contributed by atoms with van der Waals surface area (Å²) >= 11 is 0. The second-order valence-corrected chi connectivity index (χ2v) is 7.73. The Labute approximate surface area is 163 Å². The van der Waals surface area contributed by atoms with E-state index in [0.29, 0.717) is 37.1 Å². The molecule has 1 N–H and O–H groups in total. The van der Waals surface area contributed by atoms with Gasteiger partial charge in [-0.05, 0) is 56.6 Å². The molecule has 8 heteroatoms. The average molecular weight is 386 g/mol. The van der Waals surface area contributed by atoms with Crippen molar-refractivity contribution in [2.45, 2.75) is 50.5 Å². The number of carbonyl (C=O) groups is 1. The van der Waals surface area contributed by atoms with Gasteiger partial charge in [0.1, 0.15) is 11.4 Å². The van der Waals surface area contributed by atoms with Gasteiger partial charge in [0.25, 0.3) is 5.91 Å². The standard InChI is InChI=1S/C20H26N4O4/c1-27-20(8-2-3-9-20)19-22-16(28-23-19)13-14-6-11-24(12-7-14)18(26)17-15(25)5-4-10-21-17/h4-5,10,14,25H,2-3,6-9,11-13H2,1H3. The third kappa shape index (κ3) is 3.61. The minimum Gasteiger partial charge on any atom is -0.505 e. The highest BCUT2D eigenvalue weighted by atomic mass is 16.5. The summed E-state index contributed by atoms with van der Waals surface area (Å²) in [5.41, 5.74) is -0.272. The molecule has 4 rings (SSSR count). The van der Waals surface area contributed by atoms with Crippen molar-refractivity contribution in [1.29, 1.82) is 0 Å². The molecular weight excluding hydrogens is 360 g/mol. The molecule has 1 saturated heterocycles. The summed E-state index contributed by atoms with van der Waals surface area (Å²) in [4.78, 5) is 22.9. The van der Waals surface area contributed by atoms with Crippen molar-refractivity contribution in [1.82, 2.24) is 20.0 Å². The number of aromatic nitrogens is 3. The van der Waals surface area contributed by atoms with Crippen LogP contribution in [-0.2, 0) is 16.8 Å². The zero-order valence-electron chi connectivity index (χ0n) is 16.1. The van der Waals surface area contributed by atoms with Crippen molar-refractivity contribution >= 4 is 5.91 Å². The maximum absolute atomic E-state index is 12.6. The number of aromatic hydroxyl groups is 1. The molecule has 0 bridgehead atoms. The van der Waals surface area contributed by atoms with Gasteiger partial charge in [0.2, 0.25) is 11.7 Å². The van der Waals surface area contributed by atoms with E-state index in [1.54, 1.807) is 18.1 Å². The molecule has 0 radical (unpaired) electrons. The number of piperidine rings is 1. The van der Waals surface area contributed by atoms with Crippen LogP contribution in [0.15, 0.2) is 22.9 Å². The molecule has 0 aromatic carbocycles. The normalized spacial score (nSPS) is 19.8. The Balaban J connectivity index is 1.34. The van der Waals surface area contributed by atoms with Crippen LogP contribution in [0.1, 0.15) is 60.7 Å². The van der Waals surface area contributed by atoms with Gasteiger partial charge in [-0.15, -0.1) is 0 Å². The summed E-state index contributed by atoms with van der Waals surface area (Å²) < 4.78 is 11.2. The number of nitrogens with zero attached hydrogens (tertiary/aromatic N) is 4. The number of likely N-dealkylation sites (tertiary alicyclic amines) is 1. The highest BCUT2D eigenvalue weighted by Gasteiger charge is 2.40. The van der Waals surface area contributed by atoms with Crippen LogP contribution in [0, 0.1) is 5.92 Å². The minimum atomic E-state index is -0.387. The molecule has 1 aliphatic carbocycles. The van der Waals surface area contributed by atoms with Crippen molar-refractivity contribution in [2.75, 3.05) is 20.2 Å². The number of amides is 1. The monoisotopic (exact) mass is 386 g/mol. The lowest BCUT2D eigenvalue weighted by atomic mass is 9.93. The Morgan fingerprint density at radius 2 is 2.11 bits per heavy atom. The number of rotatable bonds is 5. The van der Waals surface area contributed by atoms with Crippen molar-refractivity contribution in [3.8, 4) is 5.75 Å². The van der Waals surface area contributed by atoms with Crippen molar-refractivity contribution in [3.05, 3.63) is 35.7 Å². The SMILES string of the molecule is COC1(c2noc(CC3CCN(C(=O)c4ncccc4O)CC3)n2)CCCC1. The predicted octanol–water partition coefficient (Wildman–Crippen LogP) is 2.68. The van der Waals surface area contributed by atoms with Gasteiger partial charge in [-0.2, -0.15) is 4.98 Å². The quantitative estimate of drug-likeness (QED) is 0.843. The topological polar surface area (TPSA) is 102 Å². The minimum absolute atomic E-state index is 0.0769. The molecule has 3 heterocycles. The van der Waals surface area contributed by atoms with Gasteiger partial charge < -0.3 is 19.3 Å². The molecule has 2 aromatic rings. The molecule has 0 atom stereocenters. The zero-order chi connectivity index (χ0) is 19.6. The molecule has 8 nitrogen and oxygen atoms in total. The first-order chi connectivity index (χ1) is 13.6. The van der Waals surface area contributed by atoms with E-state index >= 15 is 0 Å². The lowest BCUT2D eigenvalue weighted by Gasteiger charge is -2.31. The summed E-state index contributed by atoms with van der Waals surface area (Å²) in [6, 6.07) is 3.09. The predicted molar refractivity (Wildman–Crippen MR) is 99.7 cm³/mol. The van der Waals surface area contributed by atoms with E-state index in [1.807, 2.05) is 0 Å². The van der Waals surface area contributed by atoms with Crippen LogP contribution in [0.2, 0.25) is 0 Å². The summed E-state index contributed by atoms with van der Waals surface area (Å²) in [6.45, 7) is 1.25. The van der Waals surface area contributed by atoms with E-state index in [4.69, 9.17) is 9.26 Å². The molecule has 150 valence electrons. The first-order valence-electron chi connectivity index (χ1n) is 9.93. The Kier molecular flexibility index (Phi) is 5.30. The number of hydrogen-bond donors (Lipinski definition) is 1. The Morgan fingerprint density at radius 1 is 1.36 bits per heavy atom.